The van der Waals surface area contributed by atoms with Gasteiger partial charge in [0.1, 0.15) is 0 Å². The molecule has 1 aliphatic carbocycles. The van der Waals surface area contributed by atoms with Crippen molar-refractivity contribution in [2.45, 2.75) is 18.4 Å². The lowest BCUT2D eigenvalue weighted by atomic mass is 10.1. The van der Waals surface area contributed by atoms with E-state index in [-0.39, 0.29) is 17.5 Å². The molecule has 1 N–H and O–H groups in total. The Bertz CT molecular complexity index is 664. The van der Waals surface area contributed by atoms with E-state index in [1.165, 1.54) is 0 Å². The van der Waals surface area contributed by atoms with Crippen molar-refractivity contribution in [2.24, 2.45) is 0 Å². The number of nitrogens with one attached hydrogen (secondary N) is 1. The average Bonchev–Trinajstić information content (AvgIpc) is 3.24. The Morgan fingerprint density at radius 2 is 1.67 bits per heavy atom. The molecule has 0 radical (unpaired) electrons. The van der Waals surface area contributed by atoms with Crippen LogP contribution in [0.5, 0.6) is 0 Å². The van der Waals surface area contributed by atoms with Gasteiger partial charge < -0.3 is 5.32 Å². The second-order valence-corrected chi connectivity index (χ2v) is 5.09. The first-order valence-electron chi connectivity index (χ1n) is 6.56. The Morgan fingerprint density at radius 1 is 1.05 bits per heavy atom. The summed E-state index contributed by atoms with van der Waals surface area (Å²) in [5, 5.41) is 2.70. The van der Waals surface area contributed by atoms with Crippen molar-refractivity contribution in [3.8, 4) is 0 Å². The van der Waals surface area contributed by atoms with Crippen molar-refractivity contribution in [3.05, 3.63) is 71.0 Å². The molecule has 3 rings (SSSR count). The molecule has 0 aliphatic heterocycles. The smallest absolute Gasteiger partial charge is 0.251 e. The molecule has 0 heterocycles. The summed E-state index contributed by atoms with van der Waals surface area (Å²) in [6, 6.07) is 11.0. The van der Waals surface area contributed by atoms with Crippen LogP contribution in [0.15, 0.2) is 42.5 Å². The largest absolute Gasteiger partial charge is 0.349 e. The third kappa shape index (κ3) is 2.77. The molecule has 0 saturated heterocycles. The van der Waals surface area contributed by atoms with Crippen LogP contribution < -0.4 is 5.32 Å². The van der Waals surface area contributed by atoms with Gasteiger partial charge in [-0.25, -0.2) is 13.2 Å². The lowest BCUT2D eigenvalue weighted by molar-refractivity contribution is 0.0949. The Balaban J connectivity index is 1.69. The van der Waals surface area contributed by atoms with E-state index in [9.17, 15) is 18.0 Å². The minimum atomic E-state index is -1.57. The molecule has 0 aromatic heterocycles. The van der Waals surface area contributed by atoms with Crippen LogP contribution >= 0.6 is 0 Å². The highest BCUT2D eigenvalue weighted by Gasteiger charge is 2.39. The molecule has 2 unspecified atom stereocenters. The van der Waals surface area contributed by atoms with Crippen LogP contribution in [0, 0.1) is 17.5 Å². The van der Waals surface area contributed by atoms with Gasteiger partial charge in [0.15, 0.2) is 17.5 Å². The molecule has 0 spiro atoms. The maximum atomic E-state index is 13.1. The van der Waals surface area contributed by atoms with E-state index in [1.54, 1.807) is 0 Å². The van der Waals surface area contributed by atoms with Crippen LogP contribution in [0.25, 0.3) is 0 Å². The lowest BCUT2D eigenvalue weighted by Gasteiger charge is -2.06. The number of rotatable bonds is 3. The highest BCUT2D eigenvalue weighted by molar-refractivity contribution is 5.94. The summed E-state index contributed by atoms with van der Waals surface area (Å²) in [6.07, 6.45) is 0.780. The van der Waals surface area contributed by atoms with Gasteiger partial charge >= 0.3 is 0 Å². The molecule has 108 valence electrons. The van der Waals surface area contributed by atoms with Gasteiger partial charge in [-0.2, -0.15) is 0 Å². The quantitative estimate of drug-likeness (QED) is 0.863. The van der Waals surface area contributed by atoms with Gasteiger partial charge in [0.2, 0.25) is 0 Å². The fraction of sp³-hybridized carbons (Fsp3) is 0.188. The molecule has 21 heavy (non-hydrogen) atoms. The summed E-state index contributed by atoms with van der Waals surface area (Å²) in [7, 11) is 0. The standard InChI is InChI=1S/C16H12F3NO/c17-12-6-10(7-13(18)15(12)19)16(21)20-14-8-11(14)9-4-2-1-3-5-9/h1-7,11,14H,8H2,(H,20,21). The zero-order chi connectivity index (χ0) is 15.0. The summed E-state index contributed by atoms with van der Waals surface area (Å²) in [4.78, 5) is 11.9. The van der Waals surface area contributed by atoms with E-state index >= 15 is 0 Å². The summed E-state index contributed by atoms with van der Waals surface area (Å²) in [5.74, 6) is -4.69. The van der Waals surface area contributed by atoms with Gasteiger partial charge in [-0.05, 0) is 24.1 Å². The molecule has 2 nitrogen and oxygen atoms in total. The fourth-order valence-corrected chi connectivity index (χ4v) is 2.36. The van der Waals surface area contributed by atoms with Crippen LogP contribution in [0.2, 0.25) is 0 Å². The molecule has 1 amide bonds. The van der Waals surface area contributed by atoms with Crippen LogP contribution in [0.3, 0.4) is 0 Å². The Kier molecular flexibility index (Phi) is 3.41. The van der Waals surface area contributed by atoms with E-state index in [1.807, 2.05) is 30.3 Å². The summed E-state index contributed by atoms with van der Waals surface area (Å²) in [6.45, 7) is 0. The molecule has 0 bridgehead atoms. The number of carbonyl (C=O) groups is 1. The van der Waals surface area contributed by atoms with Crippen molar-refractivity contribution < 1.29 is 18.0 Å². The van der Waals surface area contributed by atoms with Gasteiger partial charge in [-0.3, -0.25) is 4.79 Å². The molecular formula is C16H12F3NO. The van der Waals surface area contributed by atoms with Crippen molar-refractivity contribution in [1.82, 2.24) is 5.32 Å². The maximum absolute atomic E-state index is 13.1. The van der Waals surface area contributed by atoms with Gasteiger partial charge in [-0.1, -0.05) is 30.3 Å². The Labute approximate surface area is 119 Å². The molecule has 5 heteroatoms. The fourth-order valence-electron chi connectivity index (χ4n) is 2.36. The third-order valence-corrected chi connectivity index (χ3v) is 3.58. The lowest BCUT2D eigenvalue weighted by Crippen LogP contribution is -2.27. The first-order valence-corrected chi connectivity index (χ1v) is 6.56. The highest BCUT2D eigenvalue weighted by atomic mass is 19.2. The topological polar surface area (TPSA) is 29.1 Å². The third-order valence-electron chi connectivity index (χ3n) is 3.58. The van der Waals surface area contributed by atoms with Gasteiger partial charge in [0.05, 0.1) is 0 Å². The molecule has 2 aromatic carbocycles. The first-order chi connectivity index (χ1) is 10.1. The van der Waals surface area contributed by atoms with Crippen molar-refractivity contribution >= 4 is 5.91 Å². The van der Waals surface area contributed by atoms with E-state index in [0.29, 0.717) is 12.1 Å². The number of amides is 1. The van der Waals surface area contributed by atoms with Crippen LogP contribution in [-0.2, 0) is 0 Å². The monoisotopic (exact) mass is 291 g/mol. The van der Waals surface area contributed by atoms with Gasteiger partial charge in [0, 0.05) is 17.5 Å². The molecule has 1 saturated carbocycles. The van der Waals surface area contributed by atoms with Crippen LogP contribution in [0.4, 0.5) is 13.2 Å². The Hall–Kier alpha value is -2.30. The average molecular weight is 291 g/mol. The second kappa shape index (κ2) is 5.24. The summed E-state index contributed by atoms with van der Waals surface area (Å²) < 4.78 is 39.1. The number of halogens is 3. The van der Waals surface area contributed by atoms with Crippen LogP contribution in [-0.4, -0.2) is 11.9 Å². The van der Waals surface area contributed by atoms with E-state index in [4.69, 9.17) is 0 Å². The Morgan fingerprint density at radius 3 is 2.29 bits per heavy atom. The van der Waals surface area contributed by atoms with E-state index < -0.39 is 23.4 Å². The number of hydrogen-bond acceptors (Lipinski definition) is 1. The SMILES string of the molecule is O=C(NC1CC1c1ccccc1)c1cc(F)c(F)c(F)c1. The zero-order valence-electron chi connectivity index (χ0n) is 10.9. The predicted octanol–water partition coefficient (Wildman–Crippen LogP) is 3.39. The molecule has 1 fully saturated rings. The minimum Gasteiger partial charge on any atom is -0.349 e. The van der Waals surface area contributed by atoms with Gasteiger partial charge in [-0.15, -0.1) is 0 Å². The maximum Gasteiger partial charge on any atom is 0.251 e. The predicted molar refractivity (Wildman–Crippen MR) is 71.4 cm³/mol. The molecule has 1 aliphatic rings. The molecule has 2 atom stereocenters. The minimum absolute atomic E-state index is 0.0592. The van der Waals surface area contributed by atoms with E-state index in [0.717, 1.165) is 12.0 Å². The first kappa shape index (κ1) is 13.7. The molecular weight excluding hydrogens is 279 g/mol. The van der Waals surface area contributed by atoms with E-state index in [2.05, 4.69) is 5.32 Å². The zero-order valence-corrected chi connectivity index (χ0v) is 10.9. The summed E-state index contributed by atoms with van der Waals surface area (Å²) in [5.41, 5.74) is 0.893. The number of hydrogen-bond donors (Lipinski definition) is 1. The van der Waals surface area contributed by atoms with Gasteiger partial charge in [0.25, 0.3) is 5.91 Å². The number of carbonyl (C=O) groups excluding carboxylic acids is 1. The molecule has 2 aromatic rings. The second-order valence-electron chi connectivity index (χ2n) is 5.09. The normalized spacial score (nSPS) is 20.1. The van der Waals surface area contributed by atoms with Crippen molar-refractivity contribution in [3.63, 3.8) is 0 Å². The number of benzene rings is 2. The highest BCUT2D eigenvalue weighted by Crippen LogP contribution is 2.40. The van der Waals surface area contributed by atoms with Crippen molar-refractivity contribution in [1.29, 1.82) is 0 Å². The van der Waals surface area contributed by atoms with Crippen molar-refractivity contribution in [2.75, 3.05) is 0 Å². The van der Waals surface area contributed by atoms with Crippen LogP contribution in [0.1, 0.15) is 28.3 Å². The summed E-state index contributed by atoms with van der Waals surface area (Å²) >= 11 is 0.